The minimum Gasteiger partial charge on any atom is -0.228 e. The normalized spacial score (nSPS) is 12.6. The van der Waals surface area contributed by atoms with Crippen LogP contribution < -0.4 is 10.3 Å². The van der Waals surface area contributed by atoms with Gasteiger partial charge in [0, 0.05) is 4.47 Å². The van der Waals surface area contributed by atoms with Gasteiger partial charge in [0.15, 0.2) is 0 Å². The molecule has 6 nitrogen and oxygen atoms in total. The van der Waals surface area contributed by atoms with E-state index < -0.39 is 31.6 Å². The molecule has 9 heteroatoms. The van der Waals surface area contributed by atoms with E-state index in [4.69, 9.17) is 10.3 Å². The molecule has 0 aliphatic carbocycles. The van der Waals surface area contributed by atoms with Crippen molar-refractivity contribution in [2.75, 3.05) is 0 Å². The molecule has 4 N–H and O–H groups in total. The number of rotatable bonds is 4. The molecule has 0 saturated heterocycles. The largest absolute Gasteiger partial charge is 0.228 e. The van der Waals surface area contributed by atoms with E-state index in [-0.39, 0.29) is 0 Å². The summed E-state index contributed by atoms with van der Waals surface area (Å²) in [4.78, 5) is 0. The first-order chi connectivity index (χ1) is 7.57. The average Bonchev–Trinajstić information content (AvgIpc) is 2.05. The molecule has 0 bridgehead atoms. The monoisotopic (exact) mass is 342 g/mol. The van der Waals surface area contributed by atoms with Crippen molar-refractivity contribution in [2.45, 2.75) is 11.5 Å². The van der Waals surface area contributed by atoms with Crippen LogP contribution in [0.3, 0.4) is 0 Å². The van der Waals surface area contributed by atoms with E-state index in [0.29, 0.717) is 15.6 Å². The lowest BCUT2D eigenvalue weighted by molar-refractivity contribution is 0.593. The summed E-state index contributed by atoms with van der Waals surface area (Å²) in [5, 5.41) is 9.84. The molecule has 96 valence electrons. The van der Waals surface area contributed by atoms with Crippen LogP contribution in [0.2, 0.25) is 0 Å². The number of benzene rings is 1. The summed E-state index contributed by atoms with van der Waals surface area (Å²) in [5.41, 5.74) is 0.639. The summed E-state index contributed by atoms with van der Waals surface area (Å²) in [6.45, 7) is 0. The summed E-state index contributed by atoms with van der Waals surface area (Å²) in [6, 6.07) is 4.60. The number of nitrogens with two attached hydrogens (primary N) is 2. The fraction of sp³-hybridized carbons (Fsp3) is 0.250. The van der Waals surface area contributed by atoms with Crippen molar-refractivity contribution in [2.24, 2.45) is 10.3 Å². The van der Waals surface area contributed by atoms with E-state index in [1.54, 1.807) is 6.07 Å². The highest BCUT2D eigenvalue weighted by Gasteiger charge is 2.14. The molecule has 0 aliphatic heterocycles. The van der Waals surface area contributed by atoms with Crippen LogP contribution in [0.5, 0.6) is 0 Å². The predicted molar refractivity (Wildman–Crippen MR) is 67.8 cm³/mol. The first-order valence-electron chi connectivity index (χ1n) is 4.35. The van der Waals surface area contributed by atoms with Gasteiger partial charge in [0.1, 0.15) is 0 Å². The van der Waals surface area contributed by atoms with Crippen LogP contribution in [0.1, 0.15) is 11.1 Å². The molecule has 0 saturated carbocycles. The molecule has 0 radical (unpaired) electrons. The summed E-state index contributed by atoms with van der Waals surface area (Å²) in [7, 11) is -7.45. The van der Waals surface area contributed by atoms with Gasteiger partial charge in [-0.2, -0.15) is 0 Å². The van der Waals surface area contributed by atoms with E-state index in [1.807, 2.05) is 0 Å². The highest BCUT2D eigenvalue weighted by molar-refractivity contribution is 9.10. The lowest BCUT2D eigenvalue weighted by Gasteiger charge is -2.08. The maximum atomic E-state index is 11.0. The Morgan fingerprint density at radius 2 is 1.41 bits per heavy atom. The fourth-order valence-electron chi connectivity index (χ4n) is 1.30. The van der Waals surface area contributed by atoms with Gasteiger partial charge in [-0.25, -0.2) is 27.1 Å². The van der Waals surface area contributed by atoms with Gasteiger partial charge < -0.3 is 0 Å². The molecule has 0 aliphatic rings. The van der Waals surface area contributed by atoms with Crippen molar-refractivity contribution < 1.29 is 16.8 Å². The Labute approximate surface area is 108 Å². The highest BCUT2D eigenvalue weighted by atomic mass is 79.9. The van der Waals surface area contributed by atoms with Crippen molar-refractivity contribution in [3.8, 4) is 0 Å². The Morgan fingerprint density at radius 1 is 0.941 bits per heavy atom. The molecule has 0 spiro atoms. The molecular weight excluding hydrogens is 332 g/mol. The van der Waals surface area contributed by atoms with Crippen molar-refractivity contribution >= 4 is 36.0 Å². The van der Waals surface area contributed by atoms with E-state index in [1.165, 1.54) is 12.1 Å². The third kappa shape index (κ3) is 5.59. The van der Waals surface area contributed by atoms with Crippen LogP contribution in [-0.2, 0) is 31.6 Å². The minimum atomic E-state index is -3.73. The Bertz CT molecular complexity index is 625. The van der Waals surface area contributed by atoms with Gasteiger partial charge in [-0.1, -0.05) is 22.0 Å². The first kappa shape index (κ1) is 14.6. The Balaban J connectivity index is 3.22. The molecule has 1 rings (SSSR count). The number of primary sulfonamides is 2. The maximum absolute atomic E-state index is 11.0. The van der Waals surface area contributed by atoms with Crippen molar-refractivity contribution in [1.29, 1.82) is 0 Å². The third-order valence-electron chi connectivity index (χ3n) is 1.88. The van der Waals surface area contributed by atoms with E-state index in [2.05, 4.69) is 15.9 Å². The van der Waals surface area contributed by atoms with Crippen LogP contribution in [0.15, 0.2) is 22.7 Å². The van der Waals surface area contributed by atoms with Crippen LogP contribution in [-0.4, -0.2) is 16.8 Å². The van der Waals surface area contributed by atoms with Gasteiger partial charge in [-0.15, -0.1) is 0 Å². The zero-order chi connectivity index (χ0) is 13.3. The second-order valence-corrected chi connectivity index (χ2v) is 7.67. The molecular formula is C8H11BrN2O4S2. The SMILES string of the molecule is NS(=O)(=O)Cc1ccc(Br)cc1CS(N)(=O)=O. The summed E-state index contributed by atoms with van der Waals surface area (Å²) in [5.74, 6) is -0.859. The molecule has 0 atom stereocenters. The van der Waals surface area contributed by atoms with Gasteiger partial charge >= 0.3 is 0 Å². The number of hydrogen-bond donors (Lipinski definition) is 2. The van der Waals surface area contributed by atoms with Crippen LogP contribution >= 0.6 is 15.9 Å². The standard InChI is InChI=1S/C8H11BrN2O4S2/c9-8-2-1-6(4-16(10,12)13)7(3-8)5-17(11,14)15/h1-3H,4-5H2,(H2,10,12,13)(H2,11,14,15). The van der Waals surface area contributed by atoms with Gasteiger partial charge in [0.05, 0.1) is 11.5 Å². The van der Waals surface area contributed by atoms with Gasteiger partial charge in [-0.3, -0.25) is 0 Å². The van der Waals surface area contributed by atoms with Crippen LogP contribution in [0.4, 0.5) is 0 Å². The average molecular weight is 343 g/mol. The van der Waals surface area contributed by atoms with Crippen molar-refractivity contribution in [3.63, 3.8) is 0 Å². The zero-order valence-electron chi connectivity index (χ0n) is 8.63. The zero-order valence-corrected chi connectivity index (χ0v) is 11.8. The Morgan fingerprint density at radius 3 is 1.88 bits per heavy atom. The quantitative estimate of drug-likeness (QED) is 0.801. The van der Waals surface area contributed by atoms with E-state index in [9.17, 15) is 16.8 Å². The molecule has 0 fully saturated rings. The van der Waals surface area contributed by atoms with Gasteiger partial charge in [0.2, 0.25) is 20.0 Å². The van der Waals surface area contributed by atoms with Gasteiger partial charge in [-0.05, 0) is 23.3 Å². The number of hydrogen-bond acceptors (Lipinski definition) is 4. The second kappa shape index (κ2) is 5.02. The third-order valence-corrected chi connectivity index (χ3v) is 3.80. The minimum absolute atomic E-state index is 0.316. The smallest absolute Gasteiger partial charge is 0.213 e. The molecule has 1 aromatic rings. The highest BCUT2D eigenvalue weighted by Crippen LogP contribution is 2.19. The topological polar surface area (TPSA) is 120 Å². The van der Waals surface area contributed by atoms with Crippen LogP contribution in [0, 0.1) is 0 Å². The van der Waals surface area contributed by atoms with Crippen molar-refractivity contribution in [1.82, 2.24) is 0 Å². The molecule has 0 amide bonds. The predicted octanol–water partition coefficient (Wildman–Crippen LogP) is 0.0261. The van der Waals surface area contributed by atoms with Gasteiger partial charge in [0.25, 0.3) is 0 Å². The summed E-state index contributed by atoms with van der Waals surface area (Å²) < 4.78 is 44.6. The molecule has 0 heterocycles. The molecule has 1 aromatic carbocycles. The number of halogens is 1. The molecule has 0 aromatic heterocycles. The molecule has 17 heavy (non-hydrogen) atoms. The Hall–Kier alpha value is -0.480. The Kier molecular flexibility index (Phi) is 4.31. The number of sulfonamides is 2. The maximum Gasteiger partial charge on any atom is 0.213 e. The first-order valence-corrected chi connectivity index (χ1v) is 8.57. The van der Waals surface area contributed by atoms with Crippen molar-refractivity contribution in [3.05, 3.63) is 33.8 Å². The summed E-state index contributed by atoms with van der Waals surface area (Å²) >= 11 is 3.17. The fourth-order valence-corrected chi connectivity index (χ4v) is 3.13. The lowest BCUT2D eigenvalue weighted by Crippen LogP contribution is -2.19. The second-order valence-electron chi connectivity index (χ2n) is 3.53. The van der Waals surface area contributed by atoms with E-state index in [0.717, 1.165) is 0 Å². The van der Waals surface area contributed by atoms with Crippen LogP contribution in [0.25, 0.3) is 0 Å². The van der Waals surface area contributed by atoms with E-state index >= 15 is 0 Å². The molecule has 0 unspecified atom stereocenters. The lowest BCUT2D eigenvalue weighted by atomic mass is 10.1. The summed E-state index contributed by atoms with van der Waals surface area (Å²) in [6.07, 6.45) is 0.